The molecule has 348 valence electrons. The Hall–Kier alpha value is -4.50. The standard InChI is InChI=1S/C46H44N6O2.CH4O.Cd.2ClHO4/c1-5-13-43-35(9-1)17-21-39(47-43)31-51(32-40-22-18-36-10-2-6-14-44(36)48-40)25-27-53-29-30-54-28-26-52(33-41-23-19-37-11-3-7-15-45(37)49-41)34-42-24-20-38-12-4-8-16-46(38)50-42;1-2;;2*2-1(3,4)5/h1-24H,25-34H2;2H,1H3;;2*(H,2,3,4,5)/q;;+2;;/p-2. The zero-order valence-corrected chi connectivity index (χ0v) is 42.2. The van der Waals surface area contributed by atoms with E-state index in [-0.39, 0.29) is 27.3 Å². The third-order valence-corrected chi connectivity index (χ3v) is 9.64. The van der Waals surface area contributed by atoms with Crippen LogP contribution in [0, 0.1) is 20.5 Å². The van der Waals surface area contributed by atoms with Crippen LogP contribution in [-0.4, -0.2) is 81.5 Å². The number of aliphatic hydroxyl groups is 1. The first-order valence-corrected chi connectivity index (χ1v) is 22.9. The van der Waals surface area contributed by atoms with Crippen molar-refractivity contribution >= 4 is 43.6 Å². The van der Waals surface area contributed by atoms with Gasteiger partial charge in [-0.05, 0) is 48.5 Å². The molecule has 0 spiro atoms. The van der Waals surface area contributed by atoms with Gasteiger partial charge in [-0.15, -0.1) is 20.5 Å². The summed E-state index contributed by atoms with van der Waals surface area (Å²) in [5.74, 6) is 0. The summed E-state index contributed by atoms with van der Waals surface area (Å²) in [6, 6.07) is 50.1. The number of para-hydroxylation sites is 4. The number of rotatable bonds is 17. The van der Waals surface area contributed by atoms with Gasteiger partial charge in [0.25, 0.3) is 0 Å². The zero-order valence-electron chi connectivity index (χ0n) is 36.6. The molecule has 1 N–H and O–H groups in total. The van der Waals surface area contributed by atoms with E-state index in [9.17, 15) is 0 Å². The van der Waals surface area contributed by atoms with Crippen LogP contribution in [0.3, 0.4) is 0 Å². The van der Waals surface area contributed by atoms with E-state index in [1.807, 2.05) is 48.5 Å². The molecule has 0 unspecified atom stereocenters. The second-order valence-electron chi connectivity index (χ2n) is 14.4. The zero-order chi connectivity index (χ0) is 47.4. The molecule has 0 saturated heterocycles. The first-order valence-electron chi connectivity index (χ1n) is 20.4. The van der Waals surface area contributed by atoms with Crippen molar-refractivity contribution in [3.8, 4) is 0 Å². The van der Waals surface area contributed by atoms with Crippen LogP contribution in [-0.2, 0) is 63.0 Å². The third kappa shape index (κ3) is 20.7. The minimum absolute atomic E-state index is 0. The predicted octanol–water partition coefficient (Wildman–Crippen LogP) is -1.29. The number of pyridine rings is 4. The molecule has 4 aromatic heterocycles. The molecular weight excluding hydrogens is 1010 g/mol. The van der Waals surface area contributed by atoms with Gasteiger partial charge in [0.05, 0.1) is 71.3 Å². The molecule has 4 heterocycles. The van der Waals surface area contributed by atoms with Crippen LogP contribution in [0.1, 0.15) is 22.8 Å². The van der Waals surface area contributed by atoms with Crippen molar-refractivity contribution in [1.29, 1.82) is 0 Å². The second-order valence-corrected chi connectivity index (χ2v) is 15.9. The van der Waals surface area contributed by atoms with Crippen LogP contribution >= 0.6 is 0 Å². The minimum atomic E-state index is -4.94. The number of hydrogen-bond donors (Lipinski definition) is 1. The van der Waals surface area contributed by atoms with E-state index in [1.165, 1.54) is 0 Å². The van der Waals surface area contributed by atoms with Crippen LogP contribution in [0.15, 0.2) is 146 Å². The van der Waals surface area contributed by atoms with Crippen LogP contribution in [0.5, 0.6) is 0 Å². The summed E-state index contributed by atoms with van der Waals surface area (Å²) in [4.78, 5) is 24.5. The molecule has 0 saturated carbocycles. The van der Waals surface area contributed by atoms with Gasteiger partial charge in [0.15, 0.2) is 0 Å². The van der Waals surface area contributed by atoms with Crippen molar-refractivity contribution in [2.24, 2.45) is 0 Å². The van der Waals surface area contributed by atoms with Gasteiger partial charge in [-0.25, -0.2) is 37.3 Å². The summed E-state index contributed by atoms with van der Waals surface area (Å²) >= 11 is 0. The van der Waals surface area contributed by atoms with Crippen molar-refractivity contribution < 1.29 is 99.6 Å². The fourth-order valence-corrected chi connectivity index (χ4v) is 6.84. The Morgan fingerprint density at radius 2 is 0.597 bits per heavy atom. The maximum absolute atomic E-state index is 8.49. The van der Waals surface area contributed by atoms with E-state index in [2.05, 4.69) is 107 Å². The Morgan fingerprint density at radius 3 is 0.836 bits per heavy atom. The number of nitrogens with zero attached hydrogens (tertiary/aromatic N) is 6. The summed E-state index contributed by atoms with van der Waals surface area (Å²) in [7, 11) is -8.89. The van der Waals surface area contributed by atoms with Crippen molar-refractivity contribution in [2.45, 2.75) is 26.2 Å². The summed E-state index contributed by atoms with van der Waals surface area (Å²) < 4.78 is 80.2. The van der Waals surface area contributed by atoms with Crippen molar-refractivity contribution in [3.05, 3.63) is 168 Å². The van der Waals surface area contributed by atoms with E-state index in [4.69, 9.17) is 71.8 Å². The monoisotopic (exact) mass is 1060 g/mol. The average Bonchev–Trinajstić information content (AvgIpc) is 3.29. The normalized spacial score (nSPS) is 11.4. The smallest absolute Gasteiger partial charge is 0.400 e. The number of aromatic nitrogens is 4. The Balaban J connectivity index is 0.000000677. The maximum Gasteiger partial charge on any atom is 2.00 e. The van der Waals surface area contributed by atoms with Gasteiger partial charge in [-0.3, -0.25) is 29.7 Å². The summed E-state index contributed by atoms with van der Waals surface area (Å²) in [6.45, 7) is 6.50. The molecule has 8 rings (SSSR count). The van der Waals surface area contributed by atoms with Crippen LogP contribution in [0.4, 0.5) is 0 Å². The molecule has 0 aliphatic carbocycles. The fraction of sp³-hybridized carbons (Fsp3) is 0.234. The third-order valence-electron chi connectivity index (χ3n) is 9.64. The molecule has 0 aliphatic heterocycles. The first kappa shape index (κ1) is 55.1. The largest absolute Gasteiger partial charge is 2.00 e. The fourth-order valence-electron chi connectivity index (χ4n) is 6.84. The molecule has 4 aromatic carbocycles. The molecule has 0 atom stereocenters. The van der Waals surface area contributed by atoms with Crippen molar-refractivity contribution in [1.82, 2.24) is 29.7 Å². The molecule has 20 heteroatoms. The Bertz CT molecular complexity index is 2360. The molecule has 0 fully saturated rings. The molecule has 8 aromatic rings. The molecule has 0 bridgehead atoms. The molecular formula is C47H48CdCl2N6O11. The maximum atomic E-state index is 8.49. The van der Waals surface area contributed by atoms with Gasteiger partial charge in [-0.1, -0.05) is 97.1 Å². The number of hydrogen-bond acceptors (Lipinski definition) is 17. The molecule has 0 radical (unpaired) electrons. The number of fused-ring (bicyclic) bond motifs is 4. The summed E-state index contributed by atoms with van der Waals surface area (Å²) in [5.41, 5.74) is 8.14. The van der Waals surface area contributed by atoms with Crippen LogP contribution < -0.4 is 37.3 Å². The van der Waals surface area contributed by atoms with Gasteiger partial charge in [-0.2, -0.15) is 0 Å². The SMILES string of the molecule is CO.[Cd+2].[O-][Cl+3]([O-])([O-])[O-].[O-][Cl+3]([O-])([O-])[O-].c1ccc2nc(CN(CCOCCOCCN(Cc3ccc4ccccc4n3)Cc3ccc4ccccc4n3)Cc3ccc4ccccc4n3)ccc2c1. The van der Waals surface area contributed by atoms with Crippen molar-refractivity contribution in [3.63, 3.8) is 0 Å². The van der Waals surface area contributed by atoms with Crippen molar-refractivity contribution in [2.75, 3.05) is 46.6 Å². The van der Waals surface area contributed by atoms with Gasteiger partial charge >= 0.3 is 27.3 Å². The summed E-state index contributed by atoms with van der Waals surface area (Å²) in [6.07, 6.45) is 0. The van der Waals surface area contributed by atoms with E-state index < -0.39 is 20.5 Å². The van der Waals surface area contributed by atoms with E-state index >= 15 is 0 Å². The molecule has 0 aliphatic rings. The quantitative estimate of drug-likeness (QED) is 0.0820. The van der Waals surface area contributed by atoms with Gasteiger partial charge in [0, 0.05) is 67.9 Å². The second kappa shape index (κ2) is 28.1. The minimum Gasteiger partial charge on any atom is -0.400 e. The van der Waals surface area contributed by atoms with Gasteiger partial charge < -0.3 is 14.6 Å². The summed E-state index contributed by atoms with van der Waals surface area (Å²) in [5, 5.41) is 11.6. The van der Waals surface area contributed by atoms with Gasteiger partial charge in [0.1, 0.15) is 0 Å². The van der Waals surface area contributed by atoms with Crippen LogP contribution in [0.25, 0.3) is 43.6 Å². The van der Waals surface area contributed by atoms with E-state index in [0.29, 0.717) is 52.6 Å². The Labute approximate surface area is 411 Å². The number of halogens is 2. The molecule has 17 nitrogen and oxygen atoms in total. The van der Waals surface area contributed by atoms with E-state index in [0.717, 1.165) is 86.6 Å². The van der Waals surface area contributed by atoms with Gasteiger partial charge in [0.2, 0.25) is 0 Å². The Morgan fingerprint density at radius 1 is 0.373 bits per heavy atom. The number of aliphatic hydroxyl groups excluding tert-OH is 1. The van der Waals surface area contributed by atoms with E-state index in [1.54, 1.807) is 0 Å². The molecule has 67 heavy (non-hydrogen) atoms. The average molecular weight is 1060 g/mol. The predicted molar refractivity (Wildman–Crippen MR) is 225 cm³/mol. The molecule has 0 amide bonds. The number of ether oxygens (including phenoxy) is 2. The topological polar surface area (TPSA) is 281 Å². The Kier molecular flexibility index (Phi) is 23.1. The first-order chi connectivity index (χ1) is 31.7. The van der Waals surface area contributed by atoms with Crippen LogP contribution in [0.2, 0.25) is 0 Å². The number of benzene rings is 4.